The van der Waals surface area contributed by atoms with Crippen LogP contribution in [0.5, 0.6) is 11.5 Å². The Morgan fingerprint density at radius 1 is 1.27 bits per heavy atom. The van der Waals surface area contributed by atoms with Crippen LogP contribution in [0.15, 0.2) is 35.7 Å². The zero-order valence-electron chi connectivity index (χ0n) is 12.2. The molecule has 4 rings (SSSR count). The number of fused-ring (bicyclic) bond motifs is 1. The molecule has 1 atom stereocenters. The fourth-order valence-electron chi connectivity index (χ4n) is 3.20. The van der Waals surface area contributed by atoms with Crippen molar-refractivity contribution < 1.29 is 14.3 Å². The molecule has 0 saturated carbocycles. The molecule has 1 aromatic heterocycles. The summed E-state index contributed by atoms with van der Waals surface area (Å²) in [5, 5.41) is 2.02. The highest BCUT2D eigenvalue weighted by atomic mass is 32.1. The van der Waals surface area contributed by atoms with E-state index >= 15 is 0 Å². The quantitative estimate of drug-likeness (QED) is 0.871. The smallest absolute Gasteiger partial charge is 0.231 e. The number of benzene rings is 1. The first kappa shape index (κ1) is 13.6. The van der Waals surface area contributed by atoms with Gasteiger partial charge in [0.1, 0.15) is 0 Å². The minimum atomic E-state index is 0.155. The number of amides is 1. The van der Waals surface area contributed by atoms with Gasteiger partial charge < -0.3 is 14.4 Å². The van der Waals surface area contributed by atoms with E-state index in [0.717, 1.165) is 41.3 Å². The zero-order chi connectivity index (χ0) is 14.9. The third kappa shape index (κ3) is 2.46. The number of likely N-dealkylation sites (tertiary alicyclic amines) is 1. The van der Waals surface area contributed by atoms with E-state index in [1.807, 2.05) is 34.5 Å². The van der Waals surface area contributed by atoms with Crippen LogP contribution in [0.25, 0.3) is 0 Å². The molecule has 4 nitrogen and oxygen atoms in total. The maximum atomic E-state index is 12.6. The summed E-state index contributed by atoms with van der Waals surface area (Å²) in [4.78, 5) is 15.7. The first-order valence-corrected chi connectivity index (χ1v) is 8.40. The molecule has 0 unspecified atom stereocenters. The van der Waals surface area contributed by atoms with Crippen LogP contribution >= 0.6 is 11.3 Å². The average Bonchev–Trinajstić information content (AvgIpc) is 3.27. The third-order valence-corrected chi connectivity index (χ3v) is 5.14. The monoisotopic (exact) mass is 315 g/mol. The summed E-state index contributed by atoms with van der Waals surface area (Å²) < 4.78 is 10.8. The summed E-state index contributed by atoms with van der Waals surface area (Å²) >= 11 is 1.64. The maximum absolute atomic E-state index is 12.6. The second-order valence-electron chi connectivity index (χ2n) is 5.61. The number of carbonyl (C=O) groups is 1. The first-order chi connectivity index (χ1) is 10.8. The molecule has 22 heavy (non-hydrogen) atoms. The molecule has 0 radical (unpaired) electrons. The lowest BCUT2D eigenvalue weighted by Gasteiger charge is -2.25. The second-order valence-corrected chi connectivity index (χ2v) is 6.65. The van der Waals surface area contributed by atoms with Gasteiger partial charge in [0, 0.05) is 11.4 Å². The predicted molar refractivity (Wildman–Crippen MR) is 84.3 cm³/mol. The van der Waals surface area contributed by atoms with Crippen molar-refractivity contribution in [1.29, 1.82) is 0 Å². The molecule has 2 aliphatic rings. The largest absolute Gasteiger partial charge is 0.454 e. The van der Waals surface area contributed by atoms with Crippen molar-refractivity contribution in [2.45, 2.75) is 25.3 Å². The number of ether oxygens (including phenoxy) is 2. The number of hydrogen-bond acceptors (Lipinski definition) is 4. The molecule has 2 aliphatic heterocycles. The van der Waals surface area contributed by atoms with Crippen LogP contribution in [-0.4, -0.2) is 24.1 Å². The van der Waals surface area contributed by atoms with Crippen molar-refractivity contribution in [3.63, 3.8) is 0 Å². The lowest BCUT2D eigenvalue weighted by Crippen LogP contribution is -2.31. The van der Waals surface area contributed by atoms with E-state index in [1.54, 1.807) is 11.3 Å². The Kier molecular flexibility index (Phi) is 3.50. The molecular formula is C17H17NO3S. The van der Waals surface area contributed by atoms with Gasteiger partial charge in [-0.2, -0.15) is 0 Å². The van der Waals surface area contributed by atoms with Crippen LogP contribution in [0.2, 0.25) is 0 Å². The van der Waals surface area contributed by atoms with Gasteiger partial charge in [-0.05, 0) is 42.0 Å². The van der Waals surface area contributed by atoms with Crippen molar-refractivity contribution >= 4 is 17.2 Å². The van der Waals surface area contributed by atoms with E-state index in [9.17, 15) is 4.79 Å². The zero-order valence-corrected chi connectivity index (χ0v) is 13.0. The maximum Gasteiger partial charge on any atom is 0.231 e. The summed E-state index contributed by atoms with van der Waals surface area (Å²) in [7, 11) is 0. The highest BCUT2D eigenvalue weighted by Crippen LogP contribution is 2.39. The lowest BCUT2D eigenvalue weighted by atomic mass is 10.0. The van der Waals surface area contributed by atoms with Crippen molar-refractivity contribution in [2.75, 3.05) is 13.3 Å². The average molecular weight is 315 g/mol. The van der Waals surface area contributed by atoms with Gasteiger partial charge in [-0.3, -0.25) is 4.79 Å². The standard InChI is InChI=1S/C17H17NO3S/c19-17(10-13-3-2-8-22-13)18-7-1-4-14(18)12-5-6-15-16(9-12)21-11-20-15/h2-3,5-6,8-9,14H,1,4,7,10-11H2/t14-/m1/s1. The molecule has 0 bridgehead atoms. The van der Waals surface area contributed by atoms with Gasteiger partial charge >= 0.3 is 0 Å². The molecule has 2 aromatic rings. The minimum Gasteiger partial charge on any atom is -0.454 e. The van der Waals surface area contributed by atoms with Crippen molar-refractivity contribution in [2.24, 2.45) is 0 Å². The van der Waals surface area contributed by atoms with E-state index in [4.69, 9.17) is 9.47 Å². The Bertz CT molecular complexity index is 683. The summed E-state index contributed by atoms with van der Waals surface area (Å²) in [6.07, 6.45) is 2.56. The van der Waals surface area contributed by atoms with E-state index in [-0.39, 0.29) is 18.7 Å². The van der Waals surface area contributed by atoms with E-state index < -0.39 is 0 Å². The van der Waals surface area contributed by atoms with E-state index in [0.29, 0.717) is 6.42 Å². The molecule has 3 heterocycles. The molecule has 5 heteroatoms. The highest BCUT2D eigenvalue weighted by Gasteiger charge is 2.31. The molecule has 0 N–H and O–H groups in total. The summed E-state index contributed by atoms with van der Waals surface area (Å²) in [6, 6.07) is 10.2. The molecule has 1 fully saturated rings. The molecule has 1 saturated heterocycles. The molecule has 0 aliphatic carbocycles. The van der Waals surface area contributed by atoms with Crippen molar-refractivity contribution in [1.82, 2.24) is 4.90 Å². The number of carbonyl (C=O) groups excluding carboxylic acids is 1. The number of hydrogen-bond donors (Lipinski definition) is 0. The third-order valence-electron chi connectivity index (χ3n) is 4.26. The van der Waals surface area contributed by atoms with E-state index in [2.05, 4.69) is 6.07 Å². The number of rotatable bonds is 3. The van der Waals surface area contributed by atoms with Crippen molar-refractivity contribution in [3.05, 3.63) is 46.2 Å². The molecule has 0 spiro atoms. The Labute approximate surface area is 133 Å². The SMILES string of the molecule is O=C(Cc1cccs1)N1CCC[C@@H]1c1ccc2c(c1)OCO2. The van der Waals surface area contributed by atoms with Gasteiger partial charge in [0.25, 0.3) is 0 Å². The lowest BCUT2D eigenvalue weighted by molar-refractivity contribution is -0.131. The molecule has 1 amide bonds. The van der Waals surface area contributed by atoms with Crippen LogP contribution in [0, 0.1) is 0 Å². The Morgan fingerprint density at radius 2 is 2.18 bits per heavy atom. The van der Waals surface area contributed by atoms with Gasteiger partial charge in [0.05, 0.1) is 12.5 Å². The molecular weight excluding hydrogens is 298 g/mol. The van der Waals surface area contributed by atoms with Gasteiger partial charge in [-0.1, -0.05) is 12.1 Å². The van der Waals surface area contributed by atoms with Gasteiger partial charge in [0.15, 0.2) is 11.5 Å². The van der Waals surface area contributed by atoms with E-state index in [1.165, 1.54) is 0 Å². The van der Waals surface area contributed by atoms with Crippen LogP contribution in [-0.2, 0) is 11.2 Å². The van der Waals surface area contributed by atoms with Gasteiger partial charge in [-0.25, -0.2) is 0 Å². The summed E-state index contributed by atoms with van der Waals surface area (Å²) in [5.41, 5.74) is 1.14. The first-order valence-electron chi connectivity index (χ1n) is 7.52. The van der Waals surface area contributed by atoms with Crippen LogP contribution in [0.1, 0.15) is 29.3 Å². The normalized spacial score (nSPS) is 19.6. The van der Waals surface area contributed by atoms with Crippen molar-refractivity contribution in [3.8, 4) is 11.5 Å². The molecule has 1 aromatic carbocycles. The predicted octanol–water partition coefficient (Wildman–Crippen LogP) is 3.38. The fraction of sp³-hybridized carbons (Fsp3) is 0.353. The Balaban J connectivity index is 1.54. The Hall–Kier alpha value is -2.01. The van der Waals surface area contributed by atoms with Gasteiger partial charge in [-0.15, -0.1) is 11.3 Å². The van der Waals surface area contributed by atoms with Crippen LogP contribution in [0.3, 0.4) is 0 Å². The minimum absolute atomic E-state index is 0.155. The molecule has 114 valence electrons. The summed E-state index contributed by atoms with van der Waals surface area (Å²) in [6.45, 7) is 1.12. The van der Waals surface area contributed by atoms with Gasteiger partial charge in [0.2, 0.25) is 12.7 Å². The highest BCUT2D eigenvalue weighted by molar-refractivity contribution is 7.10. The Morgan fingerprint density at radius 3 is 3.05 bits per heavy atom. The second kappa shape index (κ2) is 5.65. The number of nitrogens with zero attached hydrogens (tertiary/aromatic N) is 1. The number of thiophene rings is 1. The van der Waals surface area contributed by atoms with Crippen LogP contribution < -0.4 is 9.47 Å². The summed E-state index contributed by atoms with van der Waals surface area (Å²) in [5.74, 6) is 1.79. The topological polar surface area (TPSA) is 38.8 Å². The van der Waals surface area contributed by atoms with Crippen LogP contribution in [0.4, 0.5) is 0 Å². The fourth-order valence-corrected chi connectivity index (χ4v) is 3.89.